The first kappa shape index (κ1) is 165. The molecule has 0 fully saturated rings. The number of hydrogen-bond donors (Lipinski definition) is 0. The van der Waals surface area contributed by atoms with Gasteiger partial charge in [-0.1, -0.05) is 112 Å². The molecule has 3 amide bonds. The lowest BCUT2D eigenvalue weighted by molar-refractivity contribution is 0.0300. The van der Waals surface area contributed by atoms with E-state index in [-0.39, 0.29) is 140 Å². The van der Waals surface area contributed by atoms with Gasteiger partial charge in [0, 0.05) is 153 Å². The number of rotatable bonds is 23. The second-order valence-electron chi connectivity index (χ2n) is 32.7. The molecule has 0 heterocycles. The van der Waals surface area contributed by atoms with Crippen molar-refractivity contribution in [2.75, 3.05) is 84.2 Å². The molecule has 28 heteroatoms. The Hall–Kier alpha value is -1.75. The van der Waals surface area contributed by atoms with Crippen molar-refractivity contribution < 1.29 is 45.5 Å². The summed E-state index contributed by atoms with van der Waals surface area (Å²) in [6, 6.07) is 4.65. The van der Waals surface area contributed by atoms with Crippen LogP contribution in [0.25, 0.3) is 0 Å². The monoisotopic (exact) mass is 1810 g/mol. The van der Waals surface area contributed by atoms with Gasteiger partial charge in [0.05, 0.1) is 46.3 Å². The Kier molecular flexibility index (Phi) is 121. The van der Waals surface area contributed by atoms with E-state index in [1.807, 2.05) is 232 Å². The van der Waals surface area contributed by atoms with E-state index < -0.39 is 33.3 Å². The number of urea groups is 1. The van der Waals surface area contributed by atoms with Crippen molar-refractivity contribution in [3.63, 3.8) is 0 Å². The molecule has 0 aliphatic heterocycles. The molecule has 0 bridgehead atoms. The molecule has 2 atom stereocenters. The third-order valence-corrected chi connectivity index (χ3v) is 25.1. The molecule has 21 nitrogen and oxygen atoms in total. The highest BCUT2D eigenvalue weighted by molar-refractivity contribution is 8.23. The van der Waals surface area contributed by atoms with Gasteiger partial charge in [-0.05, 0) is 309 Å². The number of amides is 3. The topological polar surface area (TPSA) is 175 Å². The van der Waals surface area contributed by atoms with Crippen molar-refractivity contribution in [2.24, 2.45) is 0 Å². The zero-order valence-corrected chi connectivity index (χ0v) is 84.7. The largest absolute Gasteiger partial charge is 0.468 e. The van der Waals surface area contributed by atoms with Crippen LogP contribution >= 0.6 is 55.9 Å². The van der Waals surface area contributed by atoms with Crippen LogP contribution in [0.5, 0.6) is 0 Å². The number of sulfonamides is 1. The molecule has 2 unspecified atom stereocenters. The number of carbonyl (C=O) groups is 2. The summed E-state index contributed by atoms with van der Waals surface area (Å²) < 4.78 is 72.9. The minimum Gasteiger partial charge on any atom is -0.468 e. The molecule has 0 aliphatic rings. The van der Waals surface area contributed by atoms with Gasteiger partial charge in [0.1, 0.15) is 4.32 Å². The van der Waals surface area contributed by atoms with Crippen LogP contribution in [0.3, 0.4) is 0 Å². The molecule has 0 aliphatic carbocycles. The standard InChI is InChI=1S/C9H20N2O.C9H20N2S.C8H20NO2P.C8H19NO2S.C8H17NO2.C8H17NOS.C8H17NS2.C7H17NOS.C7H17N.C6H14O.10CH4/c2*1-7(2)10(5)9(12)11(6)8(3)4;1-7(2)9(5)12(6,10)11-8(3)4;1-7(2)9(6)12(10,11)8(3,4)5;1-6(2)9(5)8(10)11-7(3)4;1-6(2)9(5)8(11)10-7(3)4;1-6(2)9(5)8(10)11-7(3)4;1-6(2)8(5)10(9)7(3)4;1-6(2)8(5)7(3)4;1-5(2)7-6(3)4;;;;;;;;;;/h3*7-8H,1-6H3;7H,1-6H3;3*6-7H,1-5H3;6-7H,1-5H3;6-7H,1-5H3;5-6H,1-4H3;10*1H4. The molecule has 0 spiro atoms. The quantitative estimate of drug-likeness (QED) is 0.0697. The fraction of sp³-hybridized carbons (Fsp3) is 0.943. The van der Waals surface area contributed by atoms with Gasteiger partial charge in [-0.15, -0.1) is 0 Å². The fourth-order valence-electron chi connectivity index (χ4n) is 6.14. The molecule has 726 valence electrons. The minimum absolute atomic E-state index is 0. The maximum Gasteiger partial charge on any atom is 0.409 e. The molecule has 0 aromatic heterocycles. The highest BCUT2D eigenvalue weighted by Crippen LogP contribution is 2.48. The molecule has 0 radical (unpaired) electrons. The number of carbonyl (C=O) groups excluding carboxylic acids is 2. The first-order chi connectivity index (χ1) is 47.1. The van der Waals surface area contributed by atoms with Crippen LogP contribution in [0.4, 0.5) is 9.59 Å². The van der Waals surface area contributed by atoms with Crippen LogP contribution in [0, 0.1) is 0 Å². The first-order valence-electron chi connectivity index (χ1n) is 38.4. The number of nitrogens with zero attached hydrogens (tertiary/aromatic N) is 11. The van der Waals surface area contributed by atoms with Crippen LogP contribution in [-0.2, 0) is 44.3 Å². The van der Waals surface area contributed by atoms with Crippen LogP contribution in [0.1, 0.15) is 358 Å². The van der Waals surface area contributed by atoms with Crippen LogP contribution in [0.2, 0.25) is 0 Å². The second kappa shape index (κ2) is 85.4. The predicted molar refractivity (Wildman–Crippen MR) is 551 cm³/mol. The Bertz CT molecular complexity index is 2260. The average Bonchev–Trinajstić information content (AvgIpc) is 0.809. The lowest BCUT2D eigenvalue weighted by Gasteiger charge is -2.33. The lowest BCUT2D eigenvalue weighted by atomic mass is 10.3. The van der Waals surface area contributed by atoms with E-state index in [9.17, 15) is 26.8 Å². The Labute approximate surface area is 757 Å². The Morgan fingerprint density at radius 1 is 0.379 bits per heavy atom. The van der Waals surface area contributed by atoms with E-state index in [0.29, 0.717) is 64.9 Å². The summed E-state index contributed by atoms with van der Waals surface area (Å²) in [5.41, 5.74) is 0. The molecule has 0 N–H and O–H groups in total. The van der Waals surface area contributed by atoms with E-state index in [0.717, 1.165) is 9.43 Å². The van der Waals surface area contributed by atoms with Crippen molar-refractivity contribution >= 4 is 104 Å². The normalized spacial score (nSPS) is 11.3. The van der Waals surface area contributed by atoms with Gasteiger partial charge in [0.2, 0.25) is 10.0 Å². The van der Waals surface area contributed by atoms with E-state index >= 15 is 0 Å². The second-order valence-corrected chi connectivity index (χ2v) is 42.9. The van der Waals surface area contributed by atoms with Gasteiger partial charge >= 0.3 is 12.1 Å². The summed E-state index contributed by atoms with van der Waals surface area (Å²) in [6.45, 7) is 84.2. The average molecular weight is 1810 g/mol. The van der Waals surface area contributed by atoms with Crippen molar-refractivity contribution in [3.05, 3.63) is 0 Å². The summed E-state index contributed by atoms with van der Waals surface area (Å²) in [5, 5.41) is 2.31. The number of thiocarbonyl (C=S) groups is 3. The zero-order chi connectivity index (χ0) is 87.8. The summed E-state index contributed by atoms with van der Waals surface area (Å²) in [7, 11) is 14.4. The smallest absolute Gasteiger partial charge is 0.409 e. The van der Waals surface area contributed by atoms with Gasteiger partial charge in [-0.2, -0.15) is 0 Å². The summed E-state index contributed by atoms with van der Waals surface area (Å²) >= 11 is 17.3. The Morgan fingerprint density at radius 3 is 0.819 bits per heavy atom. The van der Waals surface area contributed by atoms with Crippen LogP contribution < -0.4 is 0 Å². The predicted octanol–water partition coefficient (Wildman–Crippen LogP) is 25.7. The van der Waals surface area contributed by atoms with E-state index in [2.05, 4.69) is 124 Å². The van der Waals surface area contributed by atoms with Crippen molar-refractivity contribution in [1.29, 1.82) is 0 Å². The molecular formula is C88H218N11O10PS6. The lowest BCUT2D eigenvalue weighted by Crippen LogP contribution is -2.45. The summed E-state index contributed by atoms with van der Waals surface area (Å²) in [5.74, 6) is 0. The molecule has 116 heavy (non-hydrogen) atoms. The number of ether oxygens (including phenoxy) is 3. The first-order valence-corrected chi connectivity index (χ1v) is 45.1. The molecule has 0 aromatic carbocycles. The third-order valence-electron chi connectivity index (χ3n) is 15.7. The Morgan fingerprint density at radius 2 is 0.664 bits per heavy atom. The third kappa shape index (κ3) is 90.0. The molecular weight excluding hydrogens is 1590 g/mol. The minimum atomic E-state index is -3.14. The molecule has 0 saturated carbocycles. The number of hydrogen-bond acceptors (Lipinski definition) is 15. The van der Waals surface area contributed by atoms with Gasteiger partial charge in [0.15, 0.2) is 5.11 Å². The summed E-state index contributed by atoms with van der Waals surface area (Å²) in [6.07, 6.45) is 0.643. The SMILES string of the molecule is C.C.C.C.C.C.C.C.C.C.CC(C)N(C)C(=O)N(C)C(C)C.CC(C)N(C)C(=S)N(C)C(C)C.CC(C)N(C)C(C)C.CC(C)N(C)S(=O)(=O)C(C)(C)C.CC(C)N(C)S(=O)C(C)C.CC(C)OC(=O)N(C)C(C)C.CC(C)OC(=S)N(C)C(C)C.CC(C)OC(C)C.CC(C)OP(C)(=O)N(C)C(C)C.CC(C)SC(=S)N(C)C(C)C. The van der Waals surface area contributed by atoms with Crippen molar-refractivity contribution in [2.45, 2.75) is 476 Å². The number of thioether (sulfide) groups is 1. The molecule has 0 saturated heterocycles. The van der Waals surface area contributed by atoms with E-state index in [4.69, 9.17) is 55.4 Å². The van der Waals surface area contributed by atoms with Crippen molar-refractivity contribution in [1.82, 2.24) is 52.5 Å². The Balaban J connectivity index is -0.0000000487. The maximum absolute atomic E-state index is 11.9. The fourth-order valence-corrected chi connectivity index (χ4v) is 12.8. The van der Waals surface area contributed by atoms with Gasteiger partial charge in [0.25, 0.3) is 12.7 Å². The zero-order valence-electron chi connectivity index (χ0n) is 78.9. The molecule has 0 aromatic rings. The highest BCUT2D eigenvalue weighted by atomic mass is 32.2. The van der Waals surface area contributed by atoms with E-state index in [1.54, 1.807) is 72.7 Å². The van der Waals surface area contributed by atoms with Crippen LogP contribution in [0.15, 0.2) is 0 Å². The van der Waals surface area contributed by atoms with Crippen LogP contribution in [-0.4, -0.2) is 294 Å². The highest BCUT2D eigenvalue weighted by Gasteiger charge is 2.34. The molecule has 0 rings (SSSR count). The van der Waals surface area contributed by atoms with Crippen molar-refractivity contribution in [3.8, 4) is 0 Å². The summed E-state index contributed by atoms with van der Waals surface area (Å²) in [4.78, 5) is 38.3. The van der Waals surface area contributed by atoms with Gasteiger partial charge in [-0.25, -0.2) is 35.5 Å². The van der Waals surface area contributed by atoms with Gasteiger partial charge in [-0.3, -0.25) is 4.57 Å². The maximum atomic E-state index is 11.9. The van der Waals surface area contributed by atoms with Gasteiger partial charge < -0.3 is 57.9 Å². The van der Waals surface area contributed by atoms with E-state index in [1.165, 1.54) is 4.31 Å².